The van der Waals surface area contributed by atoms with Crippen LogP contribution in [-0.2, 0) is 14.3 Å². The van der Waals surface area contributed by atoms with E-state index in [9.17, 15) is 14.7 Å². The number of carbonyl (C=O) groups is 2. The maximum absolute atomic E-state index is 13.3. The van der Waals surface area contributed by atoms with Crippen molar-refractivity contribution < 1.29 is 19.4 Å². The highest BCUT2D eigenvalue weighted by Gasteiger charge is 2.63. The zero-order valence-corrected chi connectivity index (χ0v) is 17.3. The van der Waals surface area contributed by atoms with Gasteiger partial charge in [-0.05, 0) is 31.4 Å². The Bertz CT molecular complexity index is 847. The second kappa shape index (κ2) is 7.84. The van der Waals surface area contributed by atoms with Crippen molar-refractivity contribution in [1.82, 2.24) is 4.90 Å². The van der Waals surface area contributed by atoms with E-state index in [4.69, 9.17) is 4.74 Å². The number of rotatable bonds is 6. The van der Waals surface area contributed by atoms with Gasteiger partial charge in [0.05, 0.1) is 11.3 Å². The molecule has 2 heterocycles. The van der Waals surface area contributed by atoms with Crippen LogP contribution in [0.15, 0.2) is 60.7 Å². The highest BCUT2D eigenvalue weighted by molar-refractivity contribution is 8.01. The monoisotopic (exact) mass is 411 g/mol. The number of thioether (sulfide) groups is 1. The molecule has 29 heavy (non-hydrogen) atoms. The van der Waals surface area contributed by atoms with Gasteiger partial charge < -0.3 is 14.7 Å². The molecular weight excluding hydrogens is 386 g/mol. The quantitative estimate of drug-likeness (QED) is 0.583. The Morgan fingerprint density at radius 1 is 1.10 bits per heavy atom. The van der Waals surface area contributed by atoms with Crippen molar-refractivity contribution >= 4 is 23.6 Å². The summed E-state index contributed by atoms with van der Waals surface area (Å²) in [6.07, 6.45) is -0.101. The number of aliphatic hydroxyl groups is 1. The summed E-state index contributed by atoms with van der Waals surface area (Å²) in [5, 5.41) is 9.17. The molecule has 0 unspecified atom stereocenters. The lowest BCUT2D eigenvalue weighted by atomic mass is 9.89. The lowest BCUT2D eigenvalue weighted by molar-refractivity contribution is -0.169. The van der Waals surface area contributed by atoms with E-state index in [0.717, 1.165) is 11.1 Å². The molecule has 5 nitrogen and oxygen atoms in total. The van der Waals surface area contributed by atoms with Gasteiger partial charge in [-0.1, -0.05) is 60.7 Å². The summed E-state index contributed by atoms with van der Waals surface area (Å²) in [6, 6.07) is 18.6. The molecule has 1 amide bonds. The number of aliphatic hydroxyl groups excluding tert-OH is 1. The van der Waals surface area contributed by atoms with E-state index >= 15 is 0 Å². The van der Waals surface area contributed by atoms with Crippen LogP contribution >= 0.6 is 11.8 Å². The van der Waals surface area contributed by atoms with Gasteiger partial charge in [0.25, 0.3) is 0 Å². The Labute approximate surface area is 175 Å². The standard InChI is InChI=1S/C23H25NO4S/c1-23(2)19(24-20(26)17(13-14-25)21(24)29-23)22(27)28-18(15-9-5-3-6-10-15)16-11-7-4-8-12-16/h3-12,17-19,21,25H,13-14H2,1-2H3/t17-,19+,21-/m1/s1. The van der Waals surface area contributed by atoms with Crippen molar-refractivity contribution in [2.24, 2.45) is 5.92 Å². The first-order valence-electron chi connectivity index (χ1n) is 9.85. The van der Waals surface area contributed by atoms with Crippen molar-refractivity contribution in [3.05, 3.63) is 71.8 Å². The van der Waals surface area contributed by atoms with Crippen molar-refractivity contribution in [2.45, 2.75) is 42.5 Å². The van der Waals surface area contributed by atoms with Crippen LogP contribution in [0.1, 0.15) is 37.5 Å². The molecule has 0 aliphatic carbocycles. The SMILES string of the molecule is CC1(C)S[C@@H]2[C@H](CCO)C(=O)N2[C@H]1C(=O)OC(c1ccccc1)c1ccccc1. The van der Waals surface area contributed by atoms with E-state index in [0.29, 0.717) is 6.42 Å². The molecule has 152 valence electrons. The Kier molecular flexibility index (Phi) is 5.40. The molecule has 0 spiro atoms. The first kappa shape index (κ1) is 20.0. The van der Waals surface area contributed by atoms with E-state index < -0.39 is 22.9 Å². The molecule has 0 saturated carbocycles. The van der Waals surface area contributed by atoms with E-state index in [2.05, 4.69) is 0 Å². The van der Waals surface area contributed by atoms with E-state index in [1.54, 1.807) is 16.7 Å². The molecule has 2 aromatic carbocycles. The average molecular weight is 412 g/mol. The minimum atomic E-state index is -0.644. The number of hydrogen-bond acceptors (Lipinski definition) is 5. The molecule has 4 rings (SSSR count). The third-order valence-corrected chi connectivity index (χ3v) is 7.28. The third kappa shape index (κ3) is 3.55. The molecule has 2 aliphatic heterocycles. The fourth-order valence-corrected chi connectivity index (χ4v) is 5.96. The van der Waals surface area contributed by atoms with Gasteiger partial charge in [0.15, 0.2) is 6.10 Å². The highest BCUT2D eigenvalue weighted by atomic mass is 32.2. The van der Waals surface area contributed by atoms with Gasteiger partial charge in [-0.3, -0.25) is 4.79 Å². The predicted octanol–water partition coefficient (Wildman–Crippen LogP) is 3.38. The van der Waals surface area contributed by atoms with Crippen molar-refractivity contribution in [3.63, 3.8) is 0 Å². The van der Waals surface area contributed by atoms with E-state index in [-0.39, 0.29) is 23.8 Å². The van der Waals surface area contributed by atoms with Crippen LogP contribution in [0.5, 0.6) is 0 Å². The topological polar surface area (TPSA) is 66.8 Å². The number of esters is 1. The van der Waals surface area contributed by atoms with Gasteiger partial charge in [-0.15, -0.1) is 11.8 Å². The van der Waals surface area contributed by atoms with Gasteiger partial charge in [0.2, 0.25) is 5.91 Å². The second-order valence-electron chi connectivity index (χ2n) is 8.02. The zero-order valence-electron chi connectivity index (χ0n) is 16.5. The molecule has 2 aliphatic rings. The number of hydrogen-bond donors (Lipinski definition) is 1. The van der Waals surface area contributed by atoms with Gasteiger partial charge in [0.1, 0.15) is 6.04 Å². The number of amides is 1. The van der Waals surface area contributed by atoms with Gasteiger partial charge in [-0.2, -0.15) is 0 Å². The summed E-state index contributed by atoms with van der Waals surface area (Å²) < 4.78 is 5.58. The molecule has 0 bridgehead atoms. The van der Waals surface area contributed by atoms with Crippen molar-refractivity contribution in [3.8, 4) is 0 Å². The summed E-state index contributed by atoms with van der Waals surface area (Å²) >= 11 is 1.62. The van der Waals surface area contributed by atoms with E-state index in [1.807, 2.05) is 74.5 Å². The molecule has 2 fully saturated rings. The highest BCUT2D eigenvalue weighted by Crippen LogP contribution is 2.54. The summed E-state index contributed by atoms with van der Waals surface area (Å²) in [5.74, 6) is -0.681. The summed E-state index contributed by atoms with van der Waals surface area (Å²) in [4.78, 5) is 27.6. The first-order valence-corrected chi connectivity index (χ1v) is 10.7. The molecule has 0 radical (unpaired) electrons. The average Bonchev–Trinajstić information content (AvgIpc) is 2.99. The number of β-lactam (4-membered cyclic amide) rings is 1. The van der Waals surface area contributed by atoms with Crippen LogP contribution in [0, 0.1) is 5.92 Å². The number of carbonyl (C=O) groups excluding carboxylic acids is 2. The molecule has 0 aromatic heterocycles. The van der Waals surface area contributed by atoms with Gasteiger partial charge >= 0.3 is 5.97 Å². The number of benzene rings is 2. The Hall–Kier alpha value is -2.31. The molecule has 6 heteroatoms. The van der Waals surface area contributed by atoms with Crippen LogP contribution < -0.4 is 0 Å². The fraction of sp³-hybridized carbons (Fsp3) is 0.391. The van der Waals surface area contributed by atoms with Crippen LogP contribution in [0.25, 0.3) is 0 Å². The molecule has 3 atom stereocenters. The van der Waals surface area contributed by atoms with Crippen molar-refractivity contribution in [1.29, 1.82) is 0 Å². The number of fused-ring (bicyclic) bond motifs is 1. The number of nitrogens with zero attached hydrogens (tertiary/aromatic N) is 1. The van der Waals surface area contributed by atoms with Crippen LogP contribution in [0.2, 0.25) is 0 Å². The molecule has 2 aromatic rings. The minimum absolute atomic E-state index is 0.0268. The molecular formula is C23H25NO4S. The third-order valence-electron chi connectivity index (χ3n) is 5.65. The van der Waals surface area contributed by atoms with Gasteiger partial charge in [-0.25, -0.2) is 4.79 Å². The minimum Gasteiger partial charge on any atom is -0.451 e. The van der Waals surface area contributed by atoms with Crippen LogP contribution in [0.4, 0.5) is 0 Å². The second-order valence-corrected chi connectivity index (χ2v) is 9.79. The lowest BCUT2D eigenvalue weighted by Gasteiger charge is -2.44. The van der Waals surface area contributed by atoms with Crippen LogP contribution in [-0.4, -0.2) is 44.7 Å². The molecule has 2 saturated heterocycles. The zero-order chi connectivity index (χ0) is 20.6. The van der Waals surface area contributed by atoms with Crippen molar-refractivity contribution in [2.75, 3.05) is 6.61 Å². The summed E-state index contributed by atoms with van der Waals surface area (Å²) in [6.45, 7) is 3.93. The van der Waals surface area contributed by atoms with Crippen LogP contribution in [0.3, 0.4) is 0 Å². The summed E-state index contributed by atoms with van der Waals surface area (Å²) in [5.41, 5.74) is 1.78. The molecule has 1 N–H and O–H groups in total. The normalized spacial score (nSPS) is 24.9. The largest absolute Gasteiger partial charge is 0.451 e. The Morgan fingerprint density at radius 2 is 1.66 bits per heavy atom. The first-order chi connectivity index (χ1) is 13.9. The predicted molar refractivity (Wildman–Crippen MR) is 112 cm³/mol. The Morgan fingerprint density at radius 3 is 2.17 bits per heavy atom. The van der Waals surface area contributed by atoms with Gasteiger partial charge in [0, 0.05) is 11.4 Å². The maximum Gasteiger partial charge on any atom is 0.331 e. The smallest absolute Gasteiger partial charge is 0.331 e. The summed E-state index contributed by atoms with van der Waals surface area (Å²) in [7, 11) is 0. The Balaban J connectivity index is 1.60. The fourth-order valence-electron chi connectivity index (χ4n) is 4.24. The number of ether oxygens (including phenoxy) is 1. The lowest BCUT2D eigenvalue weighted by Crippen LogP contribution is -2.63. The van der Waals surface area contributed by atoms with E-state index in [1.165, 1.54) is 0 Å². The maximum atomic E-state index is 13.3.